The topological polar surface area (TPSA) is 72.2 Å². The van der Waals surface area contributed by atoms with Gasteiger partial charge >= 0.3 is 0 Å². The highest BCUT2D eigenvalue weighted by atomic mass is 35.5. The lowest BCUT2D eigenvalue weighted by molar-refractivity contribution is 0.494. The van der Waals surface area contributed by atoms with E-state index in [4.69, 9.17) is 17.4 Å². The Morgan fingerprint density at radius 3 is 2.47 bits per heavy atom. The standard InChI is InChI=1S/C11H17ClN2O2S/c1-8(17(2,15)16)11(14-13)7-9-5-3-4-6-10(9)12/h3-6,8,11,14H,7,13H2,1-2H3. The largest absolute Gasteiger partial charge is 0.271 e. The van der Waals surface area contributed by atoms with Crippen molar-refractivity contribution in [3.63, 3.8) is 0 Å². The van der Waals surface area contributed by atoms with Crippen molar-refractivity contribution in [1.29, 1.82) is 0 Å². The van der Waals surface area contributed by atoms with Crippen molar-refractivity contribution in [2.75, 3.05) is 6.26 Å². The average Bonchev–Trinajstić information content (AvgIpc) is 2.26. The zero-order valence-corrected chi connectivity index (χ0v) is 11.4. The Bertz CT molecular complexity index is 476. The summed E-state index contributed by atoms with van der Waals surface area (Å²) in [5, 5.41) is 0.0530. The lowest BCUT2D eigenvalue weighted by Crippen LogP contribution is -2.47. The minimum atomic E-state index is -3.13. The van der Waals surface area contributed by atoms with Gasteiger partial charge in [-0.25, -0.2) is 8.42 Å². The molecule has 6 heteroatoms. The maximum atomic E-state index is 11.5. The first-order valence-electron chi connectivity index (χ1n) is 5.24. The number of nitrogens with one attached hydrogen (secondary N) is 1. The highest BCUT2D eigenvalue weighted by molar-refractivity contribution is 7.91. The first kappa shape index (κ1) is 14.4. The smallest absolute Gasteiger partial charge is 0.151 e. The number of rotatable bonds is 5. The summed E-state index contributed by atoms with van der Waals surface area (Å²) in [7, 11) is -3.13. The molecule has 0 saturated carbocycles. The Hall–Kier alpha value is -0.620. The predicted molar refractivity (Wildman–Crippen MR) is 70.6 cm³/mol. The van der Waals surface area contributed by atoms with Gasteiger partial charge in [-0.15, -0.1) is 0 Å². The zero-order valence-electron chi connectivity index (χ0n) is 9.85. The molecule has 17 heavy (non-hydrogen) atoms. The summed E-state index contributed by atoms with van der Waals surface area (Å²) in [5.74, 6) is 5.41. The molecule has 2 unspecified atom stereocenters. The summed E-state index contributed by atoms with van der Waals surface area (Å²) in [6.07, 6.45) is 1.68. The van der Waals surface area contributed by atoms with Crippen molar-refractivity contribution >= 4 is 21.4 Å². The molecule has 0 aliphatic rings. The molecule has 0 bridgehead atoms. The molecule has 0 spiro atoms. The minimum absolute atomic E-state index is 0.357. The van der Waals surface area contributed by atoms with E-state index in [1.54, 1.807) is 13.0 Å². The van der Waals surface area contributed by atoms with Gasteiger partial charge in [0.15, 0.2) is 9.84 Å². The van der Waals surface area contributed by atoms with Crippen LogP contribution in [0.25, 0.3) is 0 Å². The maximum absolute atomic E-state index is 11.5. The molecular weight excluding hydrogens is 260 g/mol. The van der Waals surface area contributed by atoms with E-state index in [1.807, 2.05) is 18.2 Å². The van der Waals surface area contributed by atoms with Crippen LogP contribution in [0.15, 0.2) is 24.3 Å². The van der Waals surface area contributed by atoms with E-state index in [-0.39, 0.29) is 6.04 Å². The summed E-state index contributed by atoms with van der Waals surface area (Å²) in [6.45, 7) is 1.64. The van der Waals surface area contributed by atoms with Crippen LogP contribution in [0.4, 0.5) is 0 Å². The van der Waals surface area contributed by atoms with Crippen molar-refractivity contribution in [2.24, 2.45) is 5.84 Å². The third kappa shape index (κ3) is 3.96. The normalized spacial score (nSPS) is 15.5. The van der Waals surface area contributed by atoms with Gasteiger partial charge in [-0.2, -0.15) is 0 Å². The molecule has 4 nitrogen and oxygen atoms in total. The van der Waals surface area contributed by atoms with E-state index in [1.165, 1.54) is 6.26 Å². The monoisotopic (exact) mass is 276 g/mol. The first-order valence-corrected chi connectivity index (χ1v) is 7.58. The zero-order chi connectivity index (χ0) is 13.1. The van der Waals surface area contributed by atoms with Crippen molar-refractivity contribution in [3.8, 4) is 0 Å². The molecule has 0 aromatic heterocycles. The van der Waals surface area contributed by atoms with Crippen molar-refractivity contribution < 1.29 is 8.42 Å². The highest BCUT2D eigenvalue weighted by Crippen LogP contribution is 2.18. The molecule has 0 aliphatic carbocycles. The van der Waals surface area contributed by atoms with E-state index < -0.39 is 15.1 Å². The van der Waals surface area contributed by atoms with Gasteiger partial charge in [0, 0.05) is 17.3 Å². The van der Waals surface area contributed by atoms with Gasteiger partial charge in [-0.3, -0.25) is 11.3 Å². The molecular formula is C11H17ClN2O2S. The Labute approximate surface area is 107 Å². The fourth-order valence-electron chi connectivity index (χ4n) is 1.56. The quantitative estimate of drug-likeness (QED) is 0.625. The van der Waals surface area contributed by atoms with Crippen LogP contribution in [-0.4, -0.2) is 26.0 Å². The van der Waals surface area contributed by atoms with Gasteiger partial charge < -0.3 is 0 Å². The minimum Gasteiger partial charge on any atom is -0.271 e. The number of hydrogen-bond acceptors (Lipinski definition) is 4. The third-order valence-electron chi connectivity index (χ3n) is 2.85. The summed E-state index contributed by atoms with van der Waals surface area (Å²) in [6, 6.07) is 6.97. The summed E-state index contributed by atoms with van der Waals surface area (Å²) in [4.78, 5) is 0. The molecule has 0 saturated heterocycles. The molecule has 0 radical (unpaired) electrons. The second kappa shape index (κ2) is 5.82. The molecule has 1 rings (SSSR count). The molecule has 2 atom stereocenters. The lowest BCUT2D eigenvalue weighted by Gasteiger charge is -2.22. The van der Waals surface area contributed by atoms with Crippen LogP contribution in [0.1, 0.15) is 12.5 Å². The molecule has 0 heterocycles. The van der Waals surface area contributed by atoms with Crippen LogP contribution in [-0.2, 0) is 16.3 Å². The Morgan fingerprint density at radius 2 is 2.00 bits per heavy atom. The van der Waals surface area contributed by atoms with Gasteiger partial charge in [0.25, 0.3) is 0 Å². The Balaban J connectivity index is 2.88. The lowest BCUT2D eigenvalue weighted by atomic mass is 10.0. The van der Waals surface area contributed by atoms with E-state index in [0.29, 0.717) is 11.4 Å². The Morgan fingerprint density at radius 1 is 1.41 bits per heavy atom. The summed E-state index contributed by atoms with van der Waals surface area (Å²) in [5.41, 5.74) is 3.43. The van der Waals surface area contributed by atoms with Gasteiger partial charge in [0.2, 0.25) is 0 Å². The fraction of sp³-hybridized carbons (Fsp3) is 0.455. The molecule has 3 N–H and O–H groups in total. The summed E-state index contributed by atoms with van der Waals surface area (Å²) >= 11 is 6.03. The number of halogens is 1. The van der Waals surface area contributed by atoms with Crippen LogP contribution in [0.3, 0.4) is 0 Å². The number of nitrogens with two attached hydrogens (primary N) is 1. The van der Waals surface area contributed by atoms with Crippen molar-refractivity contribution in [2.45, 2.75) is 24.6 Å². The van der Waals surface area contributed by atoms with Crippen molar-refractivity contribution in [3.05, 3.63) is 34.9 Å². The molecule has 1 aromatic rings. The highest BCUT2D eigenvalue weighted by Gasteiger charge is 2.25. The van der Waals surface area contributed by atoms with Gasteiger partial charge in [0.05, 0.1) is 5.25 Å². The van der Waals surface area contributed by atoms with Crippen LogP contribution in [0.2, 0.25) is 5.02 Å². The van der Waals surface area contributed by atoms with Crippen LogP contribution < -0.4 is 11.3 Å². The van der Waals surface area contributed by atoms with E-state index >= 15 is 0 Å². The number of benzene rings is 1. The predicted octanol–water partition coefficient (Wildman–Crippen LogP) is 1.15. The number of hydrazine groups is 1. The SMILES string of the molecule is CC(C(Cc1ccccc1Cl)NN)S(C)(=O)=O. The van der Waals surface area contributed by atoms with Gasteiger partial charge in [0.1, 0.15) is 0 Å². The maximum Gasteiger partial charge on any atom is 0.151 e. The van der Waals surface area contributed by atoms with Crippen LogP contribution in [0.5, 0.6) is 0 Å². The first-order chi connectivity index (χ1) is 7.86. The summed E-state index contributed by atoms with van der Waals surface area (Å²) < 4.78 is 23.0. The Kier molecular flexibility index (Phi) is 4.94. The molecule has 0 amide bonds. The molecule has 96 valence electrons. The van der Waals surface area contributed by atoms with E-state index in [2.05, 4.69) is 5.43 Å². The molecule has 0 aliphatic heterocycles. The number of sulfone groups is 1. The number of hydrogen-bond donors (Lipinski definition) is 2. The second-order valence-corrected chi connectivity index (χ2v) is 6.91. The van der Waals surface area contributed by atoms with Gasteiger partial charge in [-0.05, 0) is 25.0 Å². The second-order valence-electron chi connectivity index (χ2n) is 4.10. The van der Waals surface area contributed by atoms with Gasteiger partial charge in [-0.1, -0.05) is 29.8 Å². The van der Waals surface area contributed by atoms with Crippen molar-refractivity contribution in [1.82, 2.24) is 5.43 Å². The third-order valence-corrected chi connectivity index (χ3v) is 4.90. The van der Waals surface area contributed by atoms with Crippen LogP contribution in [0, 0.1) is 0 Å². The van der Waals surface area contributed by atoms with Crippen LogP contribution >= 0.6 is 11.6 Å². The molecule has 0 fully saturated rings. The van der Waals surface area contributed by atoms with E-state index in [9.17, 15) is 8.42 Å². The fourth-order valence-corrected chi connectivity index (χ4v) is 2.54. The average molecular weight is 277 g/mol. The molecule has 1 aromatic carbocycles. The van der Waals surface area contributed by atoms with E-state index in [0.717, 1.165) is 5.56 Å².